The summed E-state index contributed by atoms with van der Waals surface area (Å²) in [5.74, 6) is -0.0727. The highest BCUT2D eigenvalue weighted by Gasteiger charge is 2.13. The van der Waals surface area contributed by atoms with Gasteiger partial charge in [0.05, 0.1) is 19.9 Å². The molecule has 2 N–H and O–H groups in total. The lowest BCUT2D eigenvalue weighted by atomic mass is 10.2. The number of nitrogens with zero attached hydrogens (tertiary/aromatic N) is 1. The summed E-state index contributed by atoms with van der Waals surface area (Å²) < 4.78 is 16.1. The van der Waals surface area contributed by atoms with E-state index < -0.39 is 11.8 Å². The topological polar surface area (TPSA) is 98.2 Å². The van der Waals surface area contributed by atoms with Crippen molar-refractivity contribution in [2.75, 3.05) is 25.6 Å². The van der Waals surface area contributed by atoms with Crippen LogP contribution >= 0.6 is 0 Å². The molecule has 0 heterocycles. The maximum atomic E-state index is 12.0. The molecule has 0 aliphatic carbocycles. The lowest BCUT2D eigenvalue weighted by Gasteiger charge is -2.11. The van der Waals surface area contributed by atoms with Crippen LogP contribution in [0.5, 0.6) is 17.2 Å². The number of rotatable bonds is 9. The van der Waals surface area contributed by atoms with E-state index in [1.807, 2.05) is 6.92 Å². The van der Waals surface area contributed by atoms with Crippen LogP contribution in [0.3, 0.4) is 0 Å². The van der Waals surface area contributed by atoms with E-state index in [4.69, 9.17) is 14.2 Å². The van der Waals surface area contributed by atoms with Gasteiger partial charge in [-0.05, 0) is 42.8 Å². The van der Waals surface area contributed by atoms with Crippen molar-refractivity contribution >= 4 is 23.7 Å². The molecular weight excluding hydrogens is 374 g/mol. The fourth-order valence-corrected chi connectivity index (χ4v) is 2.25. The normalized spacial score (nSPS) is 10.3. The molecule has 8 heteroatoms. The maximum absolute atomic E-state index is 12.0. The van der Waals surface area contributed by atoms with Gasteiger partial charge in [-0.1, -0.05) is 18.7 Å². The van der Waals surface area contributed by atoms with Gasteiger partial charge < -0.3 is 19.5 Å². The molecule has 0 unspecified atom stereocenters. The number of amides is 2. The molecule has 0 aliphatic rings. The second kappa shape index (κ2) is 11.1. The highest BCUT2D eigenvalue weighted by molar-refractivity contribution is 6.39. The Labute approximate surface area is 169 Å². The molecule has 8 nitrogen and oxygen atoms in total. The molecule has 0 radical (unpaired) electrons. The second-order valence-electron chi connectivity index (χ2n) is 5.62. The summed E-state index contributed by atoms with van der Waals surface area (Å²) >= 11 is 0. The Balaban J connectivity index is 1.96. The average molecular weight is 397 g/mol. The van der Waals surface area contributed by atoms with Gasteiger partial charge in [0.2, 0.25) is 0 Å². The molecule has 0 saturated carbocycles. The van der Waals surface area contributed by atoms with Crippen molar-refractivity contribution in [3.63, 3.8) is 0 Å². The highest BCUT2D eigenvalue weighted by atomic mass is 16.5. The van der Waals surface area contributed by atoms with Crippen LogP contribution in [0.2, 0.25) is 0 Å². The monoisotopic (exact) mass is 397 g/mol. The van der Waals surface area contributed by atoms with Crippen molar-refractivity contribution in [3.05, 3.63) is 60.7 Å². The molecule has 152 valence electrons. The number of hydrogen-bond acceptors (Lipinski definition) is 6. The summed E-state index contributed by atoms with van der Waals surface area (Å²) in [7, 11) is 1.51. The van der Waals surface area contributed by atoms with Crippen LogP contribution in [0.1, 0.15) is 12.5 Å². The predicted molar refractivity (Wildman–Crippen MR) is 111 cm³/mol. The third-order valence-electron chi connectivity index (χ3n) is 3.54. The zero-order valence-corrected chi connectivity index (χ0v) is 16.3. The van der Waals surface area contributed by atoms with E-state index in [9.17, 15) is 9.59 Å². The summed E-state index contributed by atoms with van der Waals surface area (Å²) in [6, 6.07) is 11.9. The summed E-state index contributed by atoms with van der Waals surface area (Å²) in [6.45, 7) is 6.29. The zero-order chi connectivity index (χ0) is 21.1. The van der Waals surface area contributed by atoms with Crippen LogP contribution in [0.25, 0.3) is 0 Å². The zero-order valence-electron chi connectivity index (χ0n) is 16.3. The second-order valence-corrected chi connectivity index (χ2v) is 5.62. The summed E-state index contributed by atoms with van der Waals surface area (Å²) in [4.78, 5) is 23.9. The first-order valence-electron chi connectivity index (χ1n) is 8.86. The molecule has 0 atom stereocenters. The molecule has 0 saturated heterocycles. The van der Waals surface area contributed by atoms with Crippen molar-refractivity contribution in [1.29, 1.82) is 0 Å². The molecule has 0 fully saturated rings. The molecule has 0 aromatic heterocycles. The van der Waals surface area contributed by atoms with Crippen molar-refractivity contribution in [2.45, 2.75) is 6.92 Å². The van der Waals surface area contributed by atoms with Gasteiger partial charge in [-0.2, -0.15) is 5.10 Å². The molecule has 2 aromatic carbocycles. The van der Waals surface area contributed by atoms with Crippen molar-refractivity contribution in [3.8, 4) is 17.2 Å². The number of hydrogen-bond donors (Lipinski definition) is 2. The molecule has 2 aromatic rings. The number of nitrogens with one attached hydrogen (secondary N) is 2. The number of ether oxygens (including phenoxy) is 3. The highest BCUT2D eigenvalue weighted by Crippen LogP contribution is 2.28. The van der Waals surface area contributed by atoms with Crippen LogP contribution in [0, 0.1) is 0 Å². The van der Waals surface area contributed by atoms with Gasteiger partial charge >= 0.3 is 11.8 Å². The van der Waals surface area contributed by atoms with E-state index in [1.54, 1.807) is 48.5 Å². The number of methoxy groups -OCH3 is 1. The van der Waals surface area contributed by atoms with Gasteiger partial charge in [0, 0.05) is 11.8 Å². The Morgan fingerprint density at radius 3 is 2.66 bits per heavy atom. The predicted octanol–water partition coefficient (Wildman–Crippen LogP) is 2.75. The van der Waals surface area contributed by atoms with Crippen molar-refractivity contribution < 1.29 is 23.8 Å². The number of carbonyl (C=O) groups excluding carboxylic acids is 2. The smallest absolute Gasteiger partial charge is 0.329 e. The van der Waals surface area contributed by atoms with Gasteiger partial charge in [0.15, 0.2) is 11.5 Å². The maximum Gasteiger partial charge on any atom is 0.329 e. The van der Waals surface area contributed by atoms with Crippen molar-refractivity contribution in [1.82, 2.24) is 5.43 Å². The molecule has 0 spiro atoms. The van der Waals surface area contributed by atoms with Crippen LogP contribution < -0.4 is 25.0 Å². The van der Waals surface area contributed by atoms with E-state index >= 15 is 0 Å². The quantitative estimate of drug-likeness (QED) is 0.293. The number of benzene rings is 2. The van der Waals surface area contributed by atoms with Gasteiger partial charge in [0.1, 0.15) is 12.4 Å². The Kier molecular flexibility index (Phi) is 8.25. The van der Waals surface area contributed by atoms with E-state index in [0.717, 1.165) is 0 Å². The van der Waals surface area contributed by atoms with E-state index in [-0.39, 0.29) is 0 Å². The van der Waals surface area contributed by atoms with Crippen LogP contribution in [0.4, 0.5) is 5.69 Å². The lowest BCUT2D eigenvalue weighted by molar-refractivity contribution is -0.136. The van der Waals surface area contributed by atoms with Crippen molar-refractivity contribution in [2.24, 2.45) is 5.10 Å². The Bertz CT molecular complexity index is 896. The largest absolute Gasteiger partial charge is 0.497 e. The van der Waals surface area contributed by atoms with Gasteiger partial charge in [0.25, 0.3) is 0 Å². The third-order valence-corrected chi connectivity index (χ3v) is 3.54. The minimum atomic E-state index is -0.903. The first-order chi connectivity index (χ1) is 14.1. The molecule has 2 amide bonds. The number of anilines is 1. The first-order valence-corrected chi connectivity index (χ1v) is 8.86. The lowest BCUT2D eigenvalue weighted by Crippen LogP contribution is -2.32. The average Bonchev–Trinajstić information content (AvgIpc) is 2.73. The van der Waals surface area contributed by atoms with Crippen LogP contribution in [-0.2, 0) is 9.59 Å². The standard InChI is InChI=1S/C21H23N3O5/c1-4-11-29-18-10-9-15(12-19(18)28-5-2)14-22-24-21(26)20(25)23-16-7-6-8-17(13-16)27-3/h4,6-10,12-14H,1,5,11H2,2-3H3,(H,23,25)(H,24,26)/b22-14+. The Morgan fingerprint density at radius 2 is 1.93 bits per heavy atom. The van der Waals surface area contributed by atoms with Crippen LogP contribution in [0.15, 0.2) is 60.2 Å². The van der Waals surface area contributed by atoms with Crippen LogP contribution in [-0.4, -0.2) is 38.4 Å². The molecular formula is C21H23N3O5. The molecule has 0 aliphatic heterocycles. The minimum Gasteiger partial charge on any atom is -0.497 e. The summed E-state index contributed by atoms with van der Waals surface area (Å²) in [6.07, 6.45) is 3.04. The number of hydrazone groups is 1. The Morgan fingerprint density at radius 1 is 1.10 bits per heavy atom. The number of carbonyl (C=O) groups is 2. The first kappa shape index (κ1) is 21.5. The van der Waals surface area contributed by atoms with Gasteiger partial charge in [-0.3, -0.25) is 9.59 Å². The summed E-state index contributed by atoms with van der Waals surface area (Å²) in [5.41, 5.74) is 3.28. The fourth-order valence-electron chi connectivity index (χ4n) is 2.25. The van der Waals surface area contributed by atoms with E-state index in [1.165, 1.54) is 13.3 Å². The molecule has 0 bridgehead atoms. The van der Waals surface area contributed by atoms with E-state index in [0.29, 0.717) is 41.7 Å². The minimum absolute atomic E-state index is 0.353. The molecule has 2 rings (SSSR count). The molecule has 29 heavy (non-hydrogen) atoms. The summed E-state index contributed by atoms with van der Waals surface area (Å²) in [5, 5.41) is 6.28. The van der Waals surface area contributed by atoms with Gasteiger partial charge in [-0.25, -0.2) is 5.43 Å². The Hall–Kier alpha value is -3.81. The SMILES string of the molecule is C=CCOc1ccc(/C=N/NC(=O)C(=O)Nc2cccc(OC)c2)cc1OCC. The van der Waals surface area contributed by atoms with Gasteiger partial charge in [-0.15, -0.1) is 0 Å². The third kappa shape index (κ3) is 6.69. The fraction of sp³-hybridized carbons (Fsp3) is 0.190. The van der Waals surface area contributed by atoms with E-state index in [2.05, 4.69) is 22.4 Å².